The van der Waals surface area contributed by atoms with Gasteiger partial charge in [-0.15, -0.1) is 0 Å². The number of carbonyl (C=O) groups is 2. The Morgan fingerprint density at radius 2 is 1.48 bits per heavy atom. The monoisotopic (exact) mass is 565 g/mol. The SMILES string of the molecule is CCOc1ccc(N(CC(=O)N(Cc2ccccc2)[C@@H](CC)C(=O)NCC(C)C)S(=O)(=O)c2ccccc2)cc1. The second kappa shape index (κ2) is 14.5. The van der Waals surface area contributed by atoms with Crippen molar-refractivity contribution >= 4 is 27.5 Å². The zero-order valence-corrected chi connectivity index (χ0v) is 24.4. The van der Waals surface area contributed by atoms with Gasteiger partial charge >= 0.3 is 0 Å². The van der Waals surface area contributed by atoms with Crippen molar-refractivity contribution in [2.24, 2.45) is 5.92 Å². The summed E-state index contributed by atoms with van der Waals surface area (Å²) in [5, 5.41) is 2.93. The van der Waals surface area contributed by atoms with Crippen LogP contribution in [-0.4, -0.2) is 50.9 Å². The molecule has 3 rings (SSSR count). The molecule has 0 aliphatic carbocycles. The summed E-state index contributed by atoms with van der Waals surface area (Å²) in [5.41, 5.74) is 1.15. The van der Waals surface area contributed by atoms with E-state index in [1.807, 2.05) is 58.0 Å². The molecule has 1 atom stereocenters. The topological polar surface area (TPSA) is 96.0 Å². The van der Waals surface area contributed by atoms with Crippen LogP contribution in [0.4, 0.5) is 5.69 Å². The van der Waals surface area contributed by atoms with Crippen molar-refractivity contribution in [3.8, 4) is 5.75 Å². The van der Waals surface area contributed by atoms with Crippen LogP contribution in [0.5, 0.6) is 5.75 Å². The fourth-order valence-corrected chi connectivity index (χ4v) is 5.68. The number of rotatable bonds is 14. The Morgan fingerprint density at radius 1 is 0.875 bits per heavy atom. The maximum Gasteiger partial charge on any atom is 0.264 e. The number of ether oxygens (including phenoxy) is 1. The van der Waals surface area contributed by atoms with Gasteiger partial charge in [0, 0.05) is 13.1 Å². The Labute approximate surface area is 238 Å². The van der Waals surface area contributed by atoms with Crippen LogP contribution < -0.4 is 14.4 Å². The molecule has 0 radical (unpaired) electrons. The molecule has 3 aromatic rings. The van der Waals surface area contributed by atoms with Crippen LogP contribution >= 0.6 is 0 Å². The van der Waals surface area contributed by atoms with Gasteiger partial charge in [-0.1, -0.05) is 69.3 Å². The van der Waals surface area contributed by atoms with Crippen molar-refractivity contribution in [3.63, 3.8) is 0 Å². The lowest BCUT2D eigenvalue weighted by Crippen LogP contribution is -2.52. The molecule has 0 heterocycles. The van der Waals surface area contributed by atoms with E-state index in [1.165, 1.54) is 17.0 Å². The Balaban J connectivity index is 2.02. The molecular weight excluding hydrogens is 526 g/mol. The summed E-state index contributed by atoms with van der Waals surface area (Å²) < 4.78 is 34.3. The first-order valence-electron chi connectivity index (χ1n) is 13.6. The number of amides is 2. The van der Waals surface area contributed by atoms with Crippen molar-refractivity contribution < 1.29 is 22.7 Å². The number of anilines is 1. The highest BCUT2D eigenvalue weighted by atomic mass is 32.2. The molecule has 0 saturated heterocycles. The predicted octanol–water partition coefficient (Wildman–Crippen LogP) is 4.86. The highest BCUT2D eigenvalue weighted by Crippen LogP contribution is 2.27. The average Bonchev–Trinajstić information content (AvgIpc) is 2.96. The van der Waals surface area contributed by atoms with Crippen molar-refractivity contribution in [1.29, 1.82) is 0 Å². The van der Waals surface area contributed by atoms with E-state index in [9.17, 15) is 18.0 Å². The van der Waals surface area contributed by atoms with Gasteiger partial charge in [-0.05, 0) is 61.2 Å². The van der Waals surface area contributed by atoms with Gasteiger partial charge in [-0.25, -0.2) is 8.42 Å². The van der Waals surface area contributed by atoms with Gasteiger partial charge in [0.2, 0.25) is 11.8 Å². The molecule has 40 heavy (non-hydrogen) atoms. The van der Waals surface area contributed by atoms with Gasteiger partial charge in [0.05, 0.1) is 17.2 Å². The minimum atomic E-state index is -4.11. The van der Waals surface area contributed by atoms with E-state index >= 15 is 0 Å². The molecule has 9 heteroatoms. The van der Waals surface area contributed by atoms with E-state index in [2.05, 4.69) is 5.32 Å². The molecule has 0 aromatic heterocycles. The van der Waals surface area contributed by atoms with E-state index in [1.54, 1.807) is 42.5 Å². The predicted molar refractivity (Wildman–Crippen MR) is 158 cm³/mol. The molecule has 0 spiro atoms. The zero-order chi connectivity index (χ0) is 29.1. The maximum atomic E-state index is 14.0. The summed E-state index contributed by atoms with van der Waals surface area (Å²) in [4.78, 5) is 28.8. The first-order valence-corrected chi connectivity index (χ1v) is 15.0. The highest BCUT2D eigenvalue weighted by Gasteiger charge is 2.33. The molecule has 1 N–H and O–H groups in total. The van der Waals surface area contributed by atoms with Crippen LogP contribution in [0.3, 0.4) is 0 Å². The van der Waals surface area contributed by atoms with Gasteiger partial charge in [0.15, 0.2) is 0 Å². The summed E-state index contributed by atoms with van der Waals surface area (Å²) in [5.74, 6) is 0.0851. The van der Waals surface area contributed by atoms with E-state index in [4.69, 9.17) is 4.74 Å². The van der Waals surface area contributed by atoms with Crippen LogP contribution in [0.2, 0.25) is 0 Å². The lowest BCUT2D eigenvalue weighted by atomic mass is 10.1. The number of hydrogen-bond donors (Lipinski definition) is 1. The minimum absolute atomic E-state index is 0.0630. The van der Waals surface area contributed by atoms with Crippen LogP contribution in [0.15, 0.2) is 89.8 Å². The summed E-state index contributed by atoms with van der Waals surface area (Å²) in [6.07, 6.45) is 0.372. The summed E-state index contributed by atoms with van der Waals surface area (Å²) >= 11 is 0. The van der Waals surface area contributed by atoms with Crippen LogP contribution in [0.25, 0.3) is 0 Å². The third-order valence-electron chi connectivity index (χ3n) is 6.31. The molecule has 0 unspecified atom stereocenters. The van der Waals surface area contributed by atoms with E-state index in [0.29, 0.717) is 31.0 Å². The molecule has 3 aromatic carbocycles. The Bertz CT molecular complexity index is 1330. The van der Waals surface area contributed by atoms with Gasteiger partial charge in [-0.2, -0.15) is 0 Å². The van der Waals surface area contributed by atoms with Crippen LogP contribution in [0, 0.1) is 5.92 Å². The lowest BCUT2D eigenvalue weighted by Gasteiger charge is -2.33. The molecule has 214 valence electrons. The van der Waals surface area contributed by atoms with Gasteiger partial charge in [-0.3, -0.25) is 13.9 Å². The third kappa shape index (κ3) is 8.08. The molecule has 0 saturated carbocycles. The fraction of sp³-hybridized carbons (Fsp3) is 0.355. The Hall–Kier alpha value is -3.85. The summed E-state index contributed by atoms with van der Waals surface area (Å²) in [6.45, 7) is 8.33. The number of nitrogens with zero attached hydrogens (tertiary/aromatic N) is 2. The van der Waals surface area contributed by atoms with Crippen LogP contribution in [-0.2, 0) is 26.2 Å². The molecule has 8 nitrogen and oxygen atoms in total. The summed E-state index contributed by atoms with van der Waals surface area (Å²) in [7, 11) is -4.11. The number of carbonyl (C=O) groups excluding carboxylic acids is 2. The molecule has 0 aliphatic rings. The van der Waals surface area contributed by atoms with Crippen LogP contribution in [0.1, 0.15) is 39.7 Å². The Kier molecular flexibility index (Phi) is 11.1. The number of benzene rings is 3. The summed E-state index contributed by atoms with van der Waals surface area (Å²) in [6, 6.07) is 23.2. The standard InChI is InChI=1S/C31H39N3O5S/c1-5-29(31(36)32-21-24(3)4)33(22-25-13-9-7-10-14-25)30(35)23-34(26-17-19-27(20-18-26)39-6-2)40(37,38)28-15-11-8-12-16-28/h7-20,24,29H,5-6,21-23H2,1-4H3,(H,32,36)/t29-/m0/s1. The van der Waals surface area contributed by atoms with Crippen molar-refractivity contribution in [2.75, 3.05) is 24.0 Å². The molecular formula is C31H39N3O5S. The van der Waals surface area contributed by atoms with Crippen molar-refractivity contribution in [1.82, 2.24) is 10.2 Å². The normalized spacial score (nSPS) is 12.0. The fourth-order valence-electron chi connectivity index (χ4n) is 4.25. The second-order valence-corrected chi connectivity index (χ2v) is 11.7. The van der Waals surface area contributed by atoms with Gasteiger partial charge < -0.3 is 15.0 Å². The van der Waals surface area contributed by atoms with Crippen molar-refractivity contribution in [3.05, 3.63) is 90.5 Å². The zero-order valence-electron chi connectivity index (χ0n) is 23.6. The maximum absolute atomic E-state index is 14.0. The highest BCUT2D eigenvalue weighted by molar-refractivity contribution is 7.92. The van der Waals surface area contributed by atoms with Gasteiger partial charge in [0.1, 0.15) is 18.3 Å². The first-order chi connectivity index (χ1) is 19.2. The molecule has 0 bridgehead atoms. The van der Waals surface area contributed by atoms with Gasteiger partial charge in [0.25, 0.3) is 10.0 Å². The smallest absolute Gasteiger partial charge is 0.264 e. The third-order valence-corrected chi connectivity index (χ3v) is 8.10. The number of sulfonamides is 1. The molecule has 0 aliphatic heterocycles. The largest absolute Gasteiger partial charge is 0.494 e. The average molecular weight is 566 g/mol. The number of nitrogens with one attached hydrogen (secondary N) is 1. The van der Waals surface area contributed by atoms with E-state index in [-0.39, 0.29) is 23.3 Å². The van der Waals surface area contributed by atoms with Crippen molar-refractivity contribution in [2.45, 2.75) is 51.6 Å². The number of hydrogen-bond acceptors (Lipinski definition) is 5. The molecule has 2 amide bonds. The quantitative estimate of drug-likeness (QED) is 0.301. The Morgan fingerprint density at radius 3 is 2.02 bits per heavy atom. The first kappa shape index (κ1) is 30.7. The lowest BCUT2D eigenvalue weighted by molar-refractivity contribution is -0.140. The van der Waals surface area contributed by atoms with E-state index in [0.717, 1.165) is 9.87 Å². The minimum Gasteiger partial charge on any atom is -0.494 e. The second-order valence-electron chi connectivity index (χ2n) is 9.82. The molecule has 0 fully saturated rings. The van der Waals surface area contributed by atoms with E-state index < -0.39 is 28.5 Å².